The summed E-state index contributed by atoms with van der Waals surface area (Å²) in [7, 11) is 1.56. The van der Waals surface area contributed by atoms with E-state index < -0.39 is 0 Å². The van der Waals surface area contributed by atoms with E-state index in [0.29, 0.717) is 35.9 Å². The van der Waals surface area contributed by atoms with Crippen molar-refractivity contribution < 1.29 is 14.3 Å². The number of pyridine rings is 1. The Morgan fingerprint density at radius 3 is 2.48 bits per heavy atom. The highest BCUT2D eigenvalue weighted by Gasteiger charge is 2.15. The normalized spacial score (nSPS) is 10.5. The minimum atomic E-state index is -0.361. The molecule has 8 heteroatoms. The van der Waals surface area contributed by atoms with Gasteiger partial charge in [-0.25, -0.2) is 0 Å². The summed E-state index contributed by atoms with van der Waals surface area (Å²) in [6, 6.07) is 4.97. The Hall–Kier alpha value is -2.02. The van der Waals surface area contributed by atoms with E-state index in [1.165, 1.54) is 12.4 Å². The van der Waals surface area contributed by atoms with Crippen molar-refractivity contribution in [3.05, 3.63) is 46.2 Å². The lowest BCUT2D eigenvalue weighted by Gasteiger charge is -2.13. The minimum absolute atomic E-state index is 0.262. The number of amides is 1. The molecular weight excluding hydrogens is 389 g/mol. The van der Waals surface area contributed by atoms with E-state index in [1.54, 1.807) is 25.3 Å². The highest BCUT2D eigenvalue weighted by Crippen LogP contribution is 2.31. The number of anilines is 1. The molecule has 0 saturated carbocycles. The number of nitrogens with one attached hydrogen (secondary N) is 1. The van der Waals surface area contributed by atoms with Gasteiger partial charge >= 0.3 is 0 Å². The van der Waals surface area contributed by atoms with Crippen molar-refractivity contribution in [1.29, 1.82) is 0 Å². The van der Waals surface area contributed by atoms with E-state index in [9.17, 15) is 4.79 Å². The van der Waals surface area contributed by atoms with Crippen molar-refractivity contribution in [2.24, 2.45) is 5.73 Å². The number of halogens is 2. The summed E-state index contributed by atoms with van der Waals surface area (Å²) in [6.07, 6.45) is 6.86. The van der Waals surface area contributed by atoms with Gasteiger partial charge in [0.15, 0.2) is 11.5 Å². The molecule has 0 aliphatic rings. The molecule has 1 heterocycles. The smallest absolute Gasteiger partial charge is 0.255 e. The van der Waals surface area contributed by atoms with E-state index in [4.69, 9.17) is 38.4 Å². The summed E-state index contributed by atoms with van der Waals surface area (Å²) in [6.45, 7) is 1.24. The van der Waals surface area contributed by atoms with Crippen LogP contribution in [0.25, 0.3) is 0 Å². The van der Waals surface area contributed by atoms with Gasteiger partial charge in [0.2, 0.25) is 0 Å². The highest BCUT2D eigenvalue weighted by atomic mass is 35.5. The lowest BCUT2D eigenvalue weighted by atomic mass is 10.1. The molecule has 2 aromatic rings. The number of hydrogen-bond donors (Lipinski definition) is 2. The van der Waals surface area contributed by atoms with Crippen molar-refractivity contribution in [1.82, 2.24) is 4.98 Å². The zero-order valence-corrected chi connectivity index (χ0v) is 16.6. The van der Waals surface area contributed by atoms with Gasteiger partial charge in [-0.05, 0) is 37.6 Å². The number of hydrogen-bond acceptors (Lipinski definition) is 5. The Kier molecular flexibility index (Phi) is 8.64. The van der Waals surface area contributed by atoms with Crippen LogP contribution in [0.15, 0.2) is 30.6 Å². The number of benzene rings is 1. The Balaban J connectivity index is 2.05. The second kappa shape index (κ2) is 11.0. The number of nitrogens with zero attached hydrogens (tertiary/aromatic N) is 1. The first kappa shape index (κ1) is 21.3. The van der Waals surface area contributed by atoms with Gasteiger partial charge in [-0.15, -0.1) is 0 Å². The molecule has 1 aromatic heterocycles. The van der Waals surface area contributed by atoms with Gasteiger partial charge in [-0.1, -0.05) is 36.0 Å². The summed E-state index contributed by atoms with van der Waals surface area (Å²) in [4.78, 5) is 16.4. The van der Waals surface area contributed by atoms with Gasteiger partial charge in [-0.2, -0.15) is 0 Å². The molecule has 0 radical (unpaired) electrons. The van der Waals surface area contributed by atoms with Crippen LogP contribution < -0.4 is 20.5 Å². The van der Waals surface area contributed by atoms with Crippen LogP contribution in [0.3, 0.4) is 0 Å². The Morgan fingerprint density at radius 2 is 1.81 bits per heavy atom. The molecule has 2 rings (SSSR count). The van der Waals surface area contributed by atoms with Crippen LogP contribution in [-0.2, 0) is 0 Å². The van der Waals surface area contributed by atoms with E-state index in [-0.39, 0.29) is 16.0 Å². The number of ether oxygens (including phenoxy) is 2. The number of carbonyl (C=O) groups is 1. The van der Waals surface area contributed by atoms with E-state index in [1.807, 2.05) is 0 Å². The predicted octanol–water partition coefficient (Wildman–Crippen LogP) is 4.55. The SMILES string of the molecule is COc1ccc(C(=O)Nc2c(Cl)cncc2Cl)cc1OCCCCCCN. The highest BCUT2D eigenvalue weighted by molar-refractivity contribution is 6.39. The molecule has 1 aromatic carbocycles. The van der Waals surface area contributed by atoms with Crippen LogP contribution in [-0.4, -0.2) is 31.2 Å². The quantitative estimate of drug-likeness (QED) is 0.560. The van der Waals surface area contributed by atoms with Gasteiger partial charge in [-0.3, -0.25) is 9.78 Å². The zero-order valence-electron chi connectivity index (χ0n) is 15.1. The third-order valence-electron chi connectivity index (χ3n) is 3.87. The lowest BCUT2D eigenvalue weighted by Crippen LogP contribution is -2.13. The minimum Gasteiger partial charge on any atom is -0.493 e. The molecule has 0 spiro atoms. The maximum Gasteiger partial charge on any atom is 0.255 e. The number of unbranched alkanes of at least 4 members (excludes halogenated alkanes) is 3. The zero-order chi connectivity index (χ0) is 19.6. The number of aromatic nitrogens is 1. The molecular formula is C19H23Cl2N3O3. The average Bonchev–Trinajstić information content (AvgIpc) is 2.67. The molecule has 0 aliphatic heterocycles. The Bertz CT molecular complexity index is 752. The van der Waals surface area contributed by atoms with Crippen molar-refractivity contribution >= 4 is 34.8 Å². The molecule has 27 heavy (non-hydrogen) atoms. The first-order valence-electron chi connectivity index (χ1n) is 8.68. The van der Waals surface area contributed by atoms with E-state index >= 15 is 0 Å². The molecule has 0 unspecified atom stereocenters. The molecule has 0 fully saturated rings. The molecule has 0 atom stereocenters. The molecule has 0 saturated heterocycles. The monoisotopic (exact) mass is 411 g/mol. The van der Waals surface area contributed by atoms with Crippen LogP contribution in [0.5, 0.6) is 11.5 Å². The fourth-order valence-electron chi connectivity index (χ4n) is 2.43. The van der Waals surface area contributed by atoms with Crippen LogP contribution in [0.4, 0.5) is 5.69 Å². The number of nitrogens with two attached hydrogens (primary N) is 1. The number of rotatable bonds is 10. The van der Waals surface area contributed by atoms with E-state index in [0.717, 1.165) is 25.7 Å². The van der Waals surface area contributed by atoms with Gasteiger partial charge in [0, 0.05) is 18.0 Å². The molecule has 3 N–H and O–H groups in total. The lowest BCUT2D eigenvalue weighted by molar-refractivity contribution is 0.102. The van der Waals surface area contributed by atoms with Crippen LogP contribution in [0.1, 0.15) is 36.0 Å². The second-order valence-corrected chi connectivity index (χ2v) is 6.66. The van der Waals surface area contributed by atoms with Crippen molar-refractivity contribution in [3.63, 3.8) is 0 Å². The molecule has 6 nitrogen and oxygen atoms in total. The molecule has 0 bridgehead atoms. The van der Waals surface area contributed by atoms with Gasteiger partial charge in [0.1, 0.15) is 0 Å². The van der Waals surface area contributed by atoms with Gasteiger partial charge < -0.3 is 20.5 Å². The maximum atomic E-state index is 12.6. The van der Waals surface area contributed by atoms with Crippen molar-refractivity contribution in [2.75, 3.05) is 25.6 Å². The first-order chi connectivity index (χ1) is 13.1. The van der Waals surface area contributed by atoms with Gasteiger partial charge in [0.25, 0.3) is 5.91 Å². The predicted molar refractivity (Wildman–Crippen MR) is 108 cm³/mol. The van der Waals surface area contributed by atoms with Crippen LogP contribution in [0, 0.1) is 0 Å². The molecule has 0 aliphatic carbocycles. The third-order valence-corrected chi connectivity index (χ3v) is 4.45. The molecule has 1 amide bonds. The third kappa shape index (κ3) is 6.27. The summed E-state index contributed by atoms with van der Waals surface area (Å²) in [5, 5.41) is 3.22. The summed E-state index contributed by atoms with van der Waals surface area (Å²) in [5.74, 6) is 0.713. The first-order valence-corrected chi connectivity index (χ1v) is 9.43. The Labute approximate surface area is 169 Å². The summed E-state index contributed by atoms with van der Waals surface area (Å²) < 4.78 is 11.1. The Morgan fingerprint density at radius 1 is 1.11 bits per heavy atom. The summed E-state index contributed by atoms with van der Waals surface area (Å²) >= 11 is 12.1. The van der Waals surface area contributed by atoms with Crippen molar-refractivity contribution in [3.8, 4) is 11.5 Å². The fourth-order valence-corrected chi connectivity index (χ4v) is 2.89. The number of methoxy groups -OCH3 is 1. The maximum absolute atomic E-state index is 12.6. The molecule has 146 valence electrons. The van der Waals surface area contributed by atoms with Crippen LogP contribution in [0.2, 0.25) is 10.0 Å². The average molecular weight is 412 g/mol. The van der Waals surface area contributed by atoms with Gasteiger partial charge in [0.05, 0.1) is 29.4 Å². The fraction of sp³-hybridized carbons (Fsp3) is 0.368. The van der Waals surface area contributed by atoms with Crippen LogP contribution >= 0.6 is 23.2 Å². The number of carbonyl (C=O) groups excluding carboxylic acids is 1. The second-order valence-electron chi connectivity index (χ2n) is 5.85. The van der Waals surface area contributed by atoms with E-state index in [2.05, 4.69) is 10.3 Å². The van der Waals surface area contributed by atoms with Crippen molar-refractivity contribution in [2.45, 2.75) is 25.7 Å². The standard InChI is InChI=1S/C19H23Cl2N3O3/c1-26-16-7-6-13(10-17(16)27-9-5-3-2-4-8-22)19(25)24-18-14(20)11-23-12-15(18)21/h6-7,10-12H,2-5,8-9,22H2,1H3,(H,23,24,25). The largest absolute Gasteiger partial charge is 0.493 e. The topological polar surface area (TPSA) is 86.5 Å². The summed E-state index contributed by atoms with van der Waals surface area (Å²) in [5.41, 5.74) is 6.20.